The number of para-hydroxylation sites is 1. The van der Waals surface area contributed by atoms with Gasteiger partial charge < -0.3 is 5.32 Å². The van der Waals surface area contributed by atoms with Crippen molar-refractivity contribution < 1.29 is 13.2 Å². The first-order chi connectivity index (χ1) is 8.96. The summed E-state index contributed by atoms with van der Waals surface area (Å²) in [7, 11) is -3.31. The summed E-state index contributed by atoms with van der Waals surface area (Å²) in [6.45, 7) is 0.341. The summed E-state index contributed by atoms with van der Waals surface area (Å²) >= 11 is 0. The second kappa shape index (κ2) is 5.61. The number of amides is 1. The molecule has 1 aliphatic carbocycles. The van der Waals surface area contributed by atoms with Gasteiger partial charge in [-0.15, -0.1) is 0 Å². The van der Waals surface area contributed by atoms with Crippen molar-refractivity contribution in [2.45, 2.75) is 25.8 Å². The number of rotatable bonds is 5. The molecule has 104 valence electrons. The van der Waals surface area contributed by atoms with Crippen molar-refractivity contribution in [1.82, 2.24) is 5.32 Å². The molecule has 1 amide bonds. The third kappa shape index (κ3) is 3.96. The second-order valence-corrected chi connectivity index (χ2v) is 6.63. The lowest BCUT2D eigenvalue weighted by molar-refractivity contribution is -0.127. The van der Waals surface area contributed by atoms with Gasteiger partial charge in [-0.25, -0.2) is 8.42 Å². The first kappa shape index (κ1) is 13.9. The summed E-state index contributed by atoms with van der Waals surface area (Å²) in [4.78, 5) is 11.7. The number of hydrogen-bond acceptors (Lipinski definition) is 3. The van der Waals surface area contributed by atoms with Gasteiger partial charge in [0.25, 0.3) is 0 Å². The van der Waals surface area contributed by atoms with E-state index in [2.05, 4.69) is 10.0 Å². The maximum atomic E-state index is 11.7. The molecule has 1 fully saturated rings. The highest BCUT2D eigenvalue weighted by atomic mass is 32.2. The Morgan fingerprint density at radius 2 is 2.00 bits per heavy atom. The number of sulfonamides is 1. The fourth-order valence-electron chi connectivity index (χ4n) is 1.97. The standard InChI is InChI=1S/C13H18N2O3S/c1-19(17,18)15-12-8-3-2-5-11(12)9-14-13(16)10-6-4-7-10/h2-3,5,8,10,15H,4,6-7,9H2,1H3,(H,14,16). The molecule has 1 aliphatic rings. The van der Waals surface area contributed by atoms with Crippen LogP contribution in [0.2, 0.25) is 0 Å². The molecular formula is C13H18N2O3S. The van der Waals surface area contributed by atoms with Crippen LogP contribution in [0.3, 0.4) is 0 Å². The lowest BCUT2D eigenvalue weighted by Gasteiger charge is -2.24. The van der Waals surface area contributed by atoms with E-state index in [1.807, 2.05) is 6.07 Å². The maximum Gasteiger partial charge on any atom is 0.229 e. The zero-order valence-corrected chi connectivity index (χ0v) is 11.7. The molecule has 2 N–H and O–H groups in total. The molecule has 2 rings (SSSR count). The fourth-order valence-corrected chi connectivity index (χ4v) is 2.57. The van der Waals surface area contributed by atoms with Crippen molar-refractivity contribution in [3.05, 3.63) is 29.8 Å². The first-order valence-electron chi connectivity index (χ1n) is 6.29. The highest BCUT2D eigenvalue weighted by molar-refractivity contribution is 7.92. The SMILES string of the molecule is CS(=O)(=O)Nc1ccccc1CNC(=O)C1CCC1. The van der Waals surface area contributed by atoms with Gasteiger partial charge in [-0.3, -0.25) is 9.52 Å². The van der Waals surface area contributed by atoms with Crippen molar-refractivity contribution in [1.29, 1.82) is 0 Å². The van der Waals surface area contributed by atoms with Crippen LogP contribution in [0, 0.1) is 5.92 Å². The van der Waals surface area contributed by atoms with Gasteiger partial charge in [0.2, 0.25) is 15.9 Å². The number of benzene rings is 1. The van der Waals surface area contributed by atoms with Gasteiger partial charge in [0.15, 0.2) is 0 Å². The van der Waals surface area contributed by atoms with Crippen molar-refractivity contribution in [3.8, 4) is 0 Å². The zero-order valence-electron chi connectivity index (χ0n) is 10.8. The van der Waals surface area contributed by atoms with Crippen LogP contribution in [0.1, 0.15) is 24.8 Å². The molecule has 1 aromatic rings. The van der Waals surface area contributed by atoms with Crippen LogP contribution in [0.4, 0.5) is 5.69 Å². The highest BCUT2D eigenvalue weighted by Crippen LogP contribution is 2.26. The minimum atomic E-state index is -3.31. The molecule has 19 heavy (non-hydrogen) atoms. The molecule has 0 unspecified atom stereocenters. The zero-order chi connectivity index (χ0) is 13.9. The van der Waals surface area contributed by atoms with Crippen LogP contribution in [0.25, 0.3) is 0 Å². The normalized spacial score (nSPS) is 15.6. The van der Waals surface area contributed by atoms with Gasteiger partial charge in [-0.05, 0) is 24.5 Å². The molecule has 1 aromatic carbocycles. The summed E-state index contributed by atoms with van der Waals surface area (Å²) in [5.74, 6) is 0.190. The van der Waals surface area contributed by atoms with Crippen LogP contribution in [0.5, 0.6) is 0 Å². The summed E-state index contributed by atoms with van der Waals surface area (Å²) in [6, 6.07) is 7.06. The monoisotopic (exact) mass is 282 g/mol. The highest BCUT2D eigenvalue weighted by Gasteiger charge is 2.24. The maximum absolute atomic E-state index is 11.7. The Kier molecular flexibility index (Phi) is 4.09. The summed E-state index contributed by atoms with van der Waals surface area (Å²) in [5, 5.41) is 2.85. The van der Waals surface area contributed by atoms with E-state index in [4.69, 9.17) is 0 Å². The molecule has 1 saturated carbocycles. The quantitative estimate of drug-likeness (QED) is 0.859. The second-order valence-electron chi connectivity index (χ2n) is 4.88. The minimum absolute atomic E-state index is 0.0559. The number of carbonyl (C=O) groups excluding carboxylic acids is 1. The molecule has 6 heteroatoms. The molecule has 0 spiro atoms. The van der Waals surface area contributed by atoms with E-state index in [9.17, 15) is 13.2 Å². The molecule has 0 aliphatic heterocycles. The Morgan fingerprint density at radius 3 is 2.58 bits per heavy atom. The lowest BCUT2D eigenvalue weighted by atomic mass is 9.85. The van der Waals surface area contributed by atoms with Crippen molar-refractivity contribution in [3.63, 3.8) is 0 Å². The molecule has 0 radical (unpaired) electrons. The van der Waals surface area contributed by atoms with E-state index in [0.717, 1.165) is 31.1 Å². The molecule has 0 atom stereocenters. The van der Waals surface area contributed by atoms with E-state index in [1.165, 1.54) is 0 Å². The van der Waals surface area contributed by atoms with Crippen LogP contribution in [-0.4, -0.2) is 20.6 Å². The van der Waals surface area contributed by atoms with Crippen LogP contribution >= 0.6 is 0 Å². The third-order valence-electron chi connectivity index (χ3n) is 3.24. The van der Waals surface area contributed by atoms with Gasteiger partial charge >= 0.3 is 0 Å². The molecule has 0 saturated heterocycles. The molecule has 0 heterocycles. The fraction of sp³-hybridized carbons (Fsp3) is 0.462. The predicted molar refractivity (Wildman–Crippen MR) is 74.1 cm³/mol. The van der Waals surface area contributed by atoms with Crippen LogP contribution in [-0.2, 0) is 21.4 Å². The average Bonchev–Trinajstić information content (AvgIpc) is 2.23. The van der Waals surface area contributed by atoms with Crippen molar-refractivity contribution >= 4 is 21.6 Å². The molecule has 0 aromatic heterocycles. The van der Waals surface area contributed by atoms with Gasteiger partial charge in [0.05, 0.1) is 11.9 Å². The topological polar surface area (TPSA) is 75.3 Å². The Morgan fingerprint density at radius 1 is 1.32 bits per heavy atom. The summed E-state index contributed by atoms with van der Waals surface area (Å²) in [6.07, 6.45) is 4.13. The number of carbonyl (C=O) groups is 1. The van der Waals surface area contributed by atoms with E-state index in [0.29, 0.717) is 12.2 Å². The van der Waals surface area contributed by atoms with Gasteiger partial charge in [-0.2, -0.15) is 0 Å². The van der Waals surface area contributed by atoms with Gasteiger partial charge in [-0.1, -0.05) is 24.6 Å². The Hall–Kier alpha value is -1.56. The lowest BCUT2D eigenvalue weighted by Crippen LogP contribution is -2.34. The molecule has 5 nitrogen and oxygen atoms in total. The van der Waals surface area contributed by atoms with Crippen LogP contribution in [0.15, 0.2) is 24.3 Å². The van der Waals surface area contributed by atoms with Gasteiger partial charge in [0.1, 0.15) is 0 Å². The average molecular weight is 282 g/mol. The predicted octanol–water partition coefficient (Wildman–Crippen LogP) is 1.47. The summed E-state index contributed by atoms with van der Waals surface area (Å²) < 4.78 is 25.0. The van der Waals surface area contributed by atoms with E-state index in [1.54, 1.807) is 18.2 Å². The first-order valence-corrected chi connectivity index (χ1v) is 8.18. The Bertz CT molecular complexity index is 565. The molecular weight excluding hydrogens is 264 g/mol. The Labute approximate surface area is 113 Å². The summed E-state index contributed by atoms with van der Waals surface area (Å²) in [5.41, 5.74) is 1.28. The minimum Gasteiger partial charge on any atom is -0.352 e. The third-order valence-corrected chi connectivity index (χ3v) is 3.83. The van der Waals surface area contributed by atoms with Crippen molar-refractivity contribution in [2.24, 2.45) is 5.92 Å². The largest absolute Gasteiger partial charge is 0.352 e. The van der Waals surface area contributed by atoms with E-state index < -0.39 is 10.0 Å². The van der Waals surface area contributed by atoms with Crippen LogP contribution < -0.4 is 10.0 Å². The van der Waals surface area contributed by atoms with Gasteiger partial charge in [0, 0.05) is 12.5 Å². The number of anilines is 1. The Balaban J connectivity index is 2.01. The smallest absolute Gasteiger partial charge is 0.229 e. The van der Waals surface area contributed by atoms with E-state index >= 15 is 0 Å². The number of nitrogens with one attached hydrogen (secondary N) is 2. The number of hydrogen-bond donors (Lipinski definition) is 2. The van der Waals surface area contributed by atoms with Crippen molar-refractivity contribution in [2.75, 3.05) is 11.0 Å². The van der Waals surface area contributed by atoms with E-state index in [-0.39, 0.29) is 11.8 Å². The molecule has 0 bridgehead atoms.